The summed E-state index contributed by atoms with van der Waals surface area (Å²) in [6.45, 7) is 2.41. The highest BCUT2D eigenvalue weighted by Gasteiger charge is 2.14. The minimum Gasteiger partial charge on any atom is -0.375 e. The summed E-state index contributed by atoms with van der Waals surface area (Å²) in [7, 11) is 1.85. The van der Waals surface area contributed by atoms with Crippen LogP contribution in [0, 0.1) is 17.0 Å². The van der Waals surface area contributed by atoms with Crippen molar-refractivity contribution in [3.63, 3.8) is 0 Å². The van der Waals surface area contributed by atoms with E-state index in [0.717, 1.165) is 11.3 Å². The van der Waals surface area contributed by atoms with Gasteiger partial charge in [0.15, 0.2) is 0 Å². The summed E-state index contributed by atoms with van der Waals surface area (Å²) in [6, 6.07) is 4.94. The van der Waals surface area contributed by atoms with Gasteiger partial charge in [-0.25, -0.2) is 0 Å². The second-order valence-electron chi connectivity index (χ2n) is 4.19. The number of rotatable bonds is 4. The number of halogens is 1. The zero-order chi connectivity index (χ0) is 14.0. The number of aryl methyl sites for hydroxylation is 2. The monoisotopic (exact) mass is 324 g/mol. The van der Waals surface area contributed by atoms with Gasteiger partial charge in [-0.05, 0) is 19.1 Å². The van der Waals surface area contributed by atoms with E-state index in [4.69, 9.17) is 0 Å². The molecule has 0 spiro atoms. The van der Waals surface area contributed by atoms with Crippen LogP contribution in [0.2, 0.25) is 0 Å². The van der Waals surface area contributed by atoms with Crippen LogP contribution in [0.4, 0.5) is 11.4 Å². The van der Waals surface area contributed by atoms with E-state index in [1.807, 2.05) is 20.2 Å². The molecule has 0 atom stereocenters. The second-order valence-corrected chi connectivity index (χ2v) is 5.10. The van der Waals surface area contributed by atoms with Crippen molar-refractivity contribution in [2.45, 2.75) is 13.5 Å². The van der Waals surface area contributed by atoms with Gasteiger partial charge < -0.3 is 5.32 Å². The van der Waals surface area contributed by atoms with Crippen LogP contribution >= 0.6 is 15.9 Å². The fourth-order valence-corrected chi connectivity index (χ4v) is 2.17. The van der Waals surface area contributed by atoms with E-state index in [1.165, 1.54) is 6.07 Å². The van der Waals surface area contributed by atoms with Gasteiger partial charge in [0.25, 0.3) is 5.69 Å². The van der Waals surface area contributed by atoms with Crippen LogP contribution in [0.3, 0.4) is 0 Å². The molecule has 0 radical (unpaired) electrons. The molecule has 2 rings (SSSR count). The van der Waals surface area contributed by atoms with Crippen LogP contribution in [0.5, 0.6) is 0 Å². The molecule has 0 aliphatic rings. The molecule has 1 aromatic carbocycles. The van der Waals surface area contributed by atoms with Gasteiger partial charge in [0.2, 0.25) is 0 Å². The molecule has 0 saturated carbocycles. The maximum absolute atomic E-state index is 11.0. The van der Waals surface area contributed by atoms with Gasteiger partial charge >= 0.3 is 0 Å². The van der Waals surface area contributed by atoms with E-state index in [0.29, 0.717) is 16.7 Å². The first-order valence-corrected chi connectivity index (χ1v) is 6.43. The average Bonchev–Trinajstić information content (AvgIpc) is 2.66. The molecule has 0 aliphatic carbocycles. The molecule has 0 unspecified atom stereocenters. The van der Waals surface area contributed by atoms with Crippen LogP contribution in [0.15, 0.2) is 28.9 Å². The number of nitrogens with zero attached hydrogens (tertiary/aromatic N) is 3. The Hall–Kier alpha value is -1.89. The number of nitro groups is 1. The first-order valence-electron chi connectivity index (χ1n) is 5.64. The zero-order valence-corrected chi connectivity index (χ0v) is 12.1. The molecule has 6 nitrogen and oxygen atoms in total. The lowest BCUT2D eigenvalue weighted by molar-refractivity contribution is -0.384. The molecule has 2 aromatic rings. The summed E-state index contributed by atoms with van der Waals surface area (Å²) in [6.07, 6.45) is 1.90. The van der Waals surface area contributed by atoms with Crippen molar-refractivity contribution >= 4 is 27.3 Å². The molecule has 0 amide bonds. The van der Waals surface area contributed by atoms with Gasteiger partial charge in [-0.15, -0.1) is 0 Å². The Morgan fingerprint density at radius 2 is 2.26 bits per heavy atom. The molecular weight excluding hydrogens is 312 g/mol. The van der Waals surface area contributed by atoms with Crippen molar-refractivity contribution in [3.8, 4) is 0 Å². The van der Waals surface area contributed by atoms with Gasteiger partial charge in [-0.1, -0.05) is 15.9 Å². The lowest BCUT2D eigenvalue weighted by Crippen LogP contribution is -2.03. The number of nitrogens with one attached hydrogen (secondary N) is 1. The van der Waals surface area contributed by atoms with E-state index in [2.05, 4.69) is 26.3 Å². The fraction of sp³-hybridized carbons (Fsp3) is 0.250. The minimum absolute atomic E-state index is 0.0518. The molecule has 7 heteroatoms. The highest BCUT2D eigenvalue weighted by Crippen LogP contribution is 2.28. The van der Waals surface area contributed by atoms with Gasteiger partial charge in [0.05, 0.1) is 10.6 Å². The minimum atomic E-state index is -0.400. The molecule has 1 aromatic heterocycles. The van der Waals surface area contributed by atoms with E-state index < -0.39 is 4.92 Å². The first-order chi connectivity index (χ1) is 8.97. The van der Waals surface area contributed by atoms with Crippen molar-refractivity contribution in [3.05, 3.63) is 50.2 Å². The van der Waals surface area contributed by atoms with Gasteiger partial charge in [0, 0.05) is 35.9 Å². The van der Waals surface area contributed by atoms with Crippen molar-refractivity contribution in [2.24, 2.45) is 7.05 Å². The summed E-state index contributed by atoms with van der Waals surface area (Å²) in [5.41, 5.74) is 2.47. The molecule has 0 bridgehead atoms. The standard InChI is InChI=1S/C12H13BrN4O2/c1-8-9(7-16(2)15-8)6-14-11-4-3-10(13)5-12(11)17(18)19/h3-5,7,14H,6H2,1-2H3. The first kappa shape index (κ1) is 13.5. The quantitative estimate of drug-likeness (QED) is 0.693. The van der Waals surface area contributed by atoms with Crippen LogP contribution in [-0.4, -0.2) is 14.7 Å². The Labute approximate surface area is 118 Å². The summed E-state index contributed by atoms with van der Waals surface area (Å²) in [5.74, 6) is 0. The predicted molar refractivity (Wildman–Crippen MR) is 76.1 cm³/mol. The average molecular weight is 325 g/mol. The molecule has 1 N–H and O–H groups in total. The maximum Gasteiger partial charge on any atom is 0.293 e. The zero-order valence-electron chi connectivity index (χ0n) is 10.6. The number of anilines is 1. The summed E-state index contributed by atoms with van der Waals surface area (Å²) < 4.78 is 2.41. The largest absolute Gasteiger partial charge is 0.375 e. The normalized spacial score (nSPS) is 10.5. The number of hydrogen-bond donors (Lipinski definition) is 1. The van der Waals surface area contributed by atoms with Crippen LogP contribution in [-0.2, 0) is 13.6 Å². The molecular formula is C12H13BrN4O2. The third-order valence-electron chi connectivity index (χ3n) is 2.74. The highest BCUT2D eigenvalue weighted by molar-refractivity contribution is 9.10. The molecule has 0 aliphatic heterocycles. The number of benzene rings is 1. The number of hydrogen-bond acceptors (Lipinski definition) is 4. The number of aromatic nitrogens is 2. The van der Waals surface area contributed by atoms with Crippen molar-refractivity contribution in [2.75, 3.05) is 5.32 Å². The predicted octanol–water partition coefficient (Wildman–Crippen LogP) is 3.01. The van der Waals surface area contributed by atoms with Crippen molar-refractivity contribution in [1.29, 1.82) is 0 Å². The van der Waals surface area contributed by atoms with Crippen LogP contribution < -0.4 is 5.32 Å². The van der Waals surface area contributed by atoms with Gasteiger partial charge in [0.1, 0.15) is 5.69 Å². The molecule has 1 heterocycles. The van der Waals surface area contributed by atoms with Crippen LogP contribution in [0.25, 0.3) is 0 Å². The van der Waals surface area contributed by atoms with Crippen molar-refractivity contribution < 1.29 is 4.92 Å². The Morgan fingerprint density at radius 1 is 1.53 bits per heavy atom. The maximum atomic E-state index is 11.0. The fourth-order valence-electron chi connectivity index (χ4n) is 1.82. The topological polar surface area (TPSA) is 73.0 Å². The van der Waals surface area contributed by atoms with E-state index in [9.17, 15) is 10.1 Å². The Balaban J connectivity index is 2.20. The Bertz CT molecular complexity index is 624. The second kappa shape index (κ2) is 5.40. The molecule has 0 saturated heterocycles. The van der Waals surface area contributed by atoms with E-state index in [1.54, 1.807) is 16.8 Å². The van der Waals surface area contributed by atoms with Crippen molar-refractivity contribution in [1.82, 2.24) is 9.78 Å². The van der Waals surface area contributed by atoms with Gasteiger partial charge in [-0.2, -0.15) is 5.10 Å². The Morgan fingerprint density at radius 3 is 2.84 bits per heavy atom. The molecule has 100 valence electrons. The third-order valence-corrected chi connectivity index (χ3v) is 3.23. The molecule has 0 fully saturated rings. The smallest absolute Gasteiger partial charge is 0.293 e. The van der Waals surface area contributed by atoms with Crippen LogP contribution in [0.1, 0.15) is 11.3 Å². The number of nitro benzene ring substituents is 1. The SMILES string of the molecule is Cc1nn(C)cc1CNc1ccc(Br)cc1[N+](=O)[O-]. The highest BCUT2D eigenvalue weighted by atomic mass is 79.9. The lowest BCUT2D eigenvalue weighted by atomic mass is 10.2. The summed E-state index contributed by atoms with van der Waals surface area (Å²) in [5, 5.41) is 18.3. The summed E-state index contributed by atoms with van der Waals surface area (Å²) >= 11 is 3.23. The molecule has 19 heavy (non-hydrogen) atoms. The lowest BCUT2D eigenvalue weighted by Gasteiger charge is -2.06. The third kappa shape index (κ3) is 3.11. The van der Waals surface area contributed by atoms with E-state index in [-0.39, 0.29) is 5.69 Å². The summed E-state index contributed by atoms with van der Waals surface area (Å²) in [4.78, 5) is 10.6. The van der Waals surface area contributed by atoms with Gasteiger partial charge in [-0.3, -0.25) is 14.8 Å². The van der Waals surface area contributed by atoms with E-state index >= 15 is 0 Å². The Kier molecular flexibility index (Phi) is 3.84.